The van der Waals surface area contributed by atoms with Gasteiger partial charge >= 0.3 is 0 Å². The van der Waals surface area contributed by atoms with E-state index in [9.17, 15) is 17.6 Å². The van der Waals surface area contributed by atoms with Gasteiger partial charge in [0.25, 0.3) is 15.9 Å². The molecular weight excluding hydrogens is 393 g/mol. The van der Waals surface area contributed by atoms with E-state index in [1.807, 2.05) is 0 Å². The summed E-state index contributed by atoms with van der Waals surface area (Å²) in [5, 5.41) is 4.63. The van der Waals surface area contributed by atoms with Crippen molar-refractivity contribution in [2.75, 3.05) is 7.05 Å². The van der Waals surface area contributed by atoms with Crippen LogP contribution in [-0.4, -0.2) is 26.4 Å². The molecular formula is C17H16FN3O4S2. The Morgan fingerprint density at radius 3 is 2.78 bits per heavy atom. The zero-order valence-electron chi connectivity index (χ0n) is 14.4. The smallest absolute Gasteiger partial charge is 0.273 e. The van der Waals surface area contributed by atoms with Crippen molar-refractivity contribution in [3.8, 4) is 11.3 Å². The molecule has 0 atom stereocenters. The van der Waals surface area contributed by atoms with Crippen molar-refractivity contribution < 1.29 is 22.0 Å². The summed E-state index contributed by atoms with van der Waals surface area (Å²) >= 11 is 1.29. The first-order chi connectivity index (χ1) is 12.8. The number of aryl methyl sites for hydroxylation is 1. The van der Waals surface area contributed by atoms with Crippen LogP contribution in [0.15, 0.2) is 45.2 Å². The van der Waals surface area contributed by atoms with Crippen LogP contribution in [-0.2, 0) is 16.6 Å². The average molecular weight is 409 g/mol. The minimum atomic E-state index is -3.77. The predicted octanol–water partition coefficient (Wildman–Crippen LogP) is 2.69. The zero-order valence-corrected chi connectivity index (χ0v) is 16.1. The van der Waals surface area contributed by atoms with Crippen LogP contribution in [0.25, 0.3) is 11.3 Å². The highest BCUT2D eigenvalue weighted by Gasteiger charge is 2.22. The number of nitrogens with one attached hydrogen (secondary N) is 2. The maximum atomic E-state index is 13.8. The molecule has 3 aromatic rings. The Kier molecular flexibility index (Phi) is 5.40. The van der Waals surface area contributed by atoms with Crippen molar-refractivity contribution in [2.45, 2.75) is 18.6 Å². The lowest BCUT2D eigenvalue weighted by Crippen LogP contribution is -2.23. The van der Waals surface area contributed by atoms with E-state index in [0.29, 0.717) is 16.3 Å². The SMILES string of the molecule is CNS(=O)(=O)c1cc(C(=O)NCc2nc(-c3ccccc3F)cs2)c(C)o1. The molecule has 27 heavy (non-hydrogen) atoms. The van der Waals surface area contributed by atoms with Crippen LogP contribution in [0.2, 0.25) is 0 Å². The fourth-order valence-electron chi connectivity index (χ4n) is 2.35. The number of furan rings is 1. The fourth-order valence-corrected chi connectivity index (χ4v) is 3.79. The molecule has 0 aliphatic carbocycles. The van der Waals surface area contributed by atoms with Crippen LogP contribution in [0.3, 0.4) is 0 Å². The predicted molar refractivity (Wildman–Crippen MR) is 98.4 cm³/mol. The normalized spacial score (nSPS) is 11.5. The third kappa shape index (κ3) is 4.07. The van der Waals surface area contributed by atoms with E-state index < -0.39 is 15.9 Å². The molecule has 2 N–H and O–H groups in total. The molecule has 0 fully saturated rings. The molecule has 0 bridgehead atoms. The number of halogens is 1. The highest BCUT2D eigenvalue weighted by atomic mass is 32.2. The van der Waals surface area contributed by atoms with Crippen LogP contribution < -0.4 is 10.0 Å². The molecule has 0 aliphatic heterocycles. The van der Waals surface area contributed by atoms with Crippen LogP contribution in [0, 0.1) is 12.7 Å². The summed E-state index contributed by atoms with van der Waals surface area (Å²) in [6.45, 7) is 1.62. The number of hydrogen-bond donors (Lipinski definition) is 2. The van der Waals surface area contributed by atoms with Crippen molar-refractivity contribution in [1.82, 2.24) is 15.0 Å². The third-order valence-corrected chi connectivity index (χ3v) is 5.89. The zero-order chi connectivity index (χ0) is 19.6. The Hall–Kier alpha value is -2.56. The van der Waals surface area contributed by atoms with Gasteiger partial charge in [0.1, 0.15) is 16.6 Å². The summed E-state index contributed by atoms with van der Waals surface area (Å²) in [7, 11) is -2.52. The summed E-state index contributed by atoms with van der Waals surface area (Å²) < 4.78 is 44.6. The van der Waals surface area contributed by atoms with Gasteiger partial charge in [0, 0.05) is 17.0 Å². The number of sulfonamides is 1. The summed E-state index contributed by atoms with van der Waals surface area (Å²) in [4.78, 5) is 16.7. The Balaban J connectivity index is 1.71. The topological polar surface area (TPSA) is 101 Å². The van der Waals surface area contributed by atoms with Gasteiger partial charge in [-0.3, -0.25) is 4.79 Å². The first-order valence-corrected chi connectivity index (χ1v) is 10.2. The Bertz CT molecular complexity index is 1090. The molecule has 0 radical (unpaired) electrons. The highest BCUT2D eigenvalue weighted by molar-refractivity contribution is 7.89. The first-order valence-electron chi connectivity index (χ1n) is 7.83. The lowest BCUT2D eigenvalue weighted by Gasteiger charge is -2.01. The van der Waals surface area contributed by atoms with Gasteiger partial charge in [0.15, 0.2) is 0 Å². The number of carbonyl (C=O) groups is 1. The minimum absolute atomic E-state index is 0.120. The second kappa shape index (κ2) is 7.59. The molecule has 142 valence electrons. The number of amides is 1. The van der Waals surface area contributed by atoms with E-state index in [1.165, 1.54) is 37.4 Å². The number of aromatic nitrogens is 1. The van der Waals surface area contributed by atoms with Gasteiger partial charge in [-0.15, -0.1) is 11.3 Å². The van der Waals surface area contributed by atoms with Gasteiger partial charge in [-0.05, 0) is 26.1 Å². The van der Waals surface area contributed by atoms with E-state index >= 15 is 0 Å². The molecule has 0 saturated carbocycles. The van der Waals surface area contributed by atoms with Gasteiger partial charge in [-0.2, -0.15) is 0 Å². The van der Waals surface area contributed by atoms with Crippen molar-refractivity contribution in [3.05, 3.63) is 57.9 Å². The maximum absolute atomic E-state index is 13.8. The molecule has 1 amide bonds. The molecule has 0 spiro atoms. The van der Waals surface area contributed by atoms with Gasteiger partial charge in [-0.25, -0.2) is 22.5 Å². The van der Waals surface area contributed by atoms with E-state index in [1.54, 1.807) is 23.6 Å². The number of rotatable bonds is 6. The van der Waals surface area contributed by atoms with E-state index in [0.717, 1.165) is 0 Å². The fraction of sp³-hybridized carbons (Fsp3) is 0.176. The molecule has 0 unspecified atom stereocenters. The maximum Gasteiger partial charge on any atom is 0.273 e. The molecule has 10 heteroatoms. The van der Waals surface area contributed by atoms with Gasteiger partial charge in [0.05, 0.1) is 17.8 Å². The number of nitrogens with zero attached hydrogens (tertiary/aromatic N) is 1. The third-order valence-electron chi connectivity index (χ3n) is 3.78. The second-order valence-electron chi connectivity index (χ2n) is 5.53. The summed E-state index contributed by atoms with van der Waals surface area (Å²) in [5.74, 6) is -0.672. The van der Waals surface area contributed by atoms with E-state index in [-0.39, 0.29) is 28.8 Å². The quantitative estimate of drug-likeness (QED) is 0.652. The summed E-state index contributed by atoms with van der Waals surface area (Å²) in [5.41, 5.74) is 0.998. The van der Waals surface area contributed by atoms with E-state index in [2.05, 4.69) is 15.0 Å². The molecule has 2 heterocycles. The highest BCUT2D eigenvalue weighted by Crippen LogP contribution is 2.24. The van der Waals surface area contributed by atoms with Crippen LogP contribution in [0.5, 0.6) is 0 Å². The molecule has 1 aromatic carbocycles. The van der Waals surface area contributed by atoms with Crippen molar-refractivity contribution in [3.63, 3.8) is 0 Å². The number of thiazole rings is 1. The van der Waals surface area contributed by atoms with Gasteiger partial charge in [-0.1, -0.05) is 12.1 Å². The molecule has 3 rings (SSSR count). The number of carbonyl (C=O) groups excluding carboxylic acids is 1. The van der Waals surface area contributed by atoms with Crippen LogP contribution in [0.1, 0.15) is 21.1 Å². The Morgan fingerprint density at radius 2 is 2.07 bits per heavy atom. The van der Waals surface area contributed by atoms with Crippen molar-refractivity contribution >= 4 is 27.3 Å². The molecule has 7 nitrogen and oxygen atoms in total. The number of hydrogen-bond acceptors (Lipinski definition) is 6. The second-order valence-corrected chi connectivity index (χ2v) is 8.29. The van der Waals surface area contributed by atoms with Crippen LogP contribution in [0.4, 0.5) is 4.39 Å². The summed E-state index contributed by atoms with van der Waals surface area (Å²) in [6, 6.07) is 7.48. The van der Waals surface area contributed by atoms with Crippen molar-refractivity contribution in [2.24, 2.45) is 0 Å². The van der Waals surface area contributed by atoms with Crippen molar-refractivity contribution in [1.29, 1.82) is 0 Å². The molecule has 0 saturated heterocycles. The number of benzene rings is 1. The van der Waals surface area contributed by atoms with E-state index in [4.69, 9.17) is 4.42 Å². The first kappa shape index (κ1) is 19.2. The monoisotopic (exact) mass is 409 g/mol. The average Bonchev–Trinajstić information content (AvgIpc) is 3.27. The lowest BCUT2D eigenvalue weighted by molar-refractivity contribution is 0.0949. The lowest BCUT2D eigenvalue weighted by atomic mass is 10.2. The van der Waals surface area contributed by atoms with Gasteiger partial charge < -0.3 is 9.73 Å². The minimum Gasteiger partial charge on any atom is -0.448 e. The Labute approximate surface area is 159 Å². The Morgan fingerprint density at radius 1 is 1.33 bits per heavy atom. The largest absolute Gasteiger partial charge is 0.448 e. The molecule has 2 aromatic heterocycles. The summed E-state index contributed by atoms with van der Waals surface area (Å²) in [6.07, 6.45) is 0. The molecule has 0 aliphatic rings. The standard InChI is InChI=1S/C17H16FN3O4S2/c1-10-12(7-16(25-10)27(23,24)19-2)17(22)20-8-15-21-14(9-26-15)11-5-3-4-6-13(11)18/h3-7,9,19H,8H2,1-2H3,(H,20,22). The van der Waals surface area contributed by atoms with Gasteiger partial charge in [0.2, 0.25) is 5.09 Å². The van der Waals surface area contributed by atoms with Crippen LogP contribution >= 0.6 is 11.3 Å².